The maximum Gasteiger partial charge on any atom is 0.347 e. The molecule has 0 N–H and O–H groups in total. The first kappa shape index (κ1) is 10.9. The van der Waals surface area contributed by atoms with Gasteiger partial charge in [0.25, 0.3) is 0 Å². The molecule has 0 radical (unpaired) electrons. The van der Waals surface area contributed by atoms with Crippen molar-refractivity contribution < 1.29 is 4.42 Å². The Balaban J connectivity index is 2.06. The van der Waals surface area contributed by atoms with E-state index >= 15 is 0 Å². The Morgan fingerprint density at radius 2 is 2.00 bits per heavy atom. The quantitative estimate of drug-likeness (QED) is 0.704. The minimum atomic E-state index is -0.355. The van der Waals surface area contributed by atoms with Gasteiger partial charge in [-0.3, -0.25) is 0 Å². The molecule has 0 fully saturated rings. The van der Waals surface area contributed by atoms with Gasteiger partial charge in [-0.2, -0.15) is 0 Å². The maximum absolute atomic E-state index is 11.7. The Kier molecular flexibility index (Phi) is 2.78. The van der Waals surface area contributed by atoms with Crippen LogP contribution in [0.25, 0.3) is 23.1 Å². The lowest BCUT2D eigenvalue weighted by Gasteiger charge is -1.96. The summed E-state index contributed by atoms with van der Waals surface area (Å²) in [6.07, 6.45) is 3.59. The van der Waals surface area contributed by atoms with Crippen molar-refractivity contribution in [3.63, 3.8) is 0 Å². The van der Waals surface area contributed by atoms with Crippen molar-refractivity contribution in [3.05, 3.63) is 63.0 Å². The van der Waals surface area contributed by atoms with Crippen LogP contribution in [0.1, 0.15) is 10.8 Å². The highest BCUT2D eigenvalue weighted by Gasteiger charge is 2.02. The third-order valence-corrected chi connectivity index (χ3v) is 3.32. The molecule has 0 bridgehead atoms. The lowest BCUT2D eigenvalue weighted by Crippen LogP contribution is -2.02. The van der Waals surface area contributed by atoms with Crippen molar-refractivity contribution in [3.8, 4) is 0 Å². The number of nitrogens with zero attached hydrogens (tertiary/aromatic N) is 1. The Labute approximate surface area is 107 Å². The highest BCUT2D eigenvalue weighted by atomic mass is 32.1. The molecule has 0 unspecified atom stereocenters. The highest BCUT2D eigenvalue weighted by Crippen LogP contribution is 2.13. The molecule has 88 valence electrons. The van der Waals surface area contributed by atoms with Crippen molar-refractivity contribution in [2.24, 2.45) is 0 Å². The highest BCUT2D eigenvalue weighted by molar-refractivity contribution is 7.10. The number of hydrogen-bond acceptors (Lipinski definition) is 4. The van der Waals surface area contributed by atoms with Gasteiger partial charge in [-0.15, -0.1) is 11.3 Å². The zero-order valence-corrected chi connectivity index (χ0v) is 10.2. The number of fused-ring (bicyclic) bond motifs is 1. The van der Waals surface area contributed by atoms with Gasteiger partial charge in [-0.25, -0.2) is 9.78 Å². The number of hydrogen-bond donors (Lipinski definition) is 0. The number of aromatic nitrogens is 1. The van der Waals surface area contributed by atoms with Crippen molar-refractivity contribution in [2.45, 2.75) is 0 Å². The summed E-state index contributed by atoms with van der Waals surface area (Å²) in [5, 5.41) is 2.50. The van der Waals surface area contributed by atoms with E-state index in [9.17, 15) is 4.79 Å². The Morgan fingerprint density at radius 1 is 1.11 bits per heavy atom. The number of rotatable bonds is 2. The molecule has 0 atom stereocenters. The van der Waals surface area contributed by atoms with E-state index in [0.29, 0.717) is 16.8 Å². The van der Waals surface area contributed by atoms with Crippen LogP contribution in [0.4, 0.5) is 0 Å². The summed E-state index contributed by atoms with van der Waals surface area (Å²) in [4.78, 5) is 17.1. The molecule has 0 aliphatic rings. The molecule has 0 aliphatic carbocycles. The number of thiophene rings is 1. The molecule has 4 heteroatoms. The third-order valence-electron chi connectivity index (χ3n) is 2.49. The molecule has 0 amide bonds. The number of benzene rings is 1. The lowest BCUT2D eigenvalue weighted by molar-refractivity contribution is 0.491. The van der Waals surface area contributed by atoms with Gasteiger partial charge in [0.15, 0.2) is 0 Å². The van der Waals surface area contributed by atoms with Gasteiger partial charge in [-0.05, 0) is 29.7 Å². The van der Waals surface area contributed by atoms with Gasteiger partial charge in [-0.1, -0.05) is 18.2 Å². The number of para-hydroxylation sites is 1. The van der Waals surface area contributed by atoms with Crippen molar-refractivity contribution in [1.82, 2.24) is 4.98 Å². The monoisotopic (exact) mass is 255 g/mol. The Hall–Kier alpha value is -2.20. The average molecular weight is 255 g/mol. The third kappa shape index (κ3) is 2.10. The summed E-state index contributed by atoms with van der Waals surface area (Å²) >= 11 is 1.62. The Morgan fingerprint density at radius 3 is 2.83 bits per heavy atom. The first-order valence-electron chi connectivity index (χ1n) is 5.44. The van der Waals surface area contributed by atoms with Crippen LogP contribution in [0.15, 0.2) is 51.0 Å². The van der Waals surface area contributed by atoms with Gasteiger partial charge in [0.05, 0.1) is 10.9 Å². The zero-order chi connectivity index (χ0) is 12.4. The van der Waals surface area contributed by atoms with E-state index in [0.717, 1.165) is 4.88 Å². The smallest absolute Gasteiger partial charge is 0.347 e. The second-order valence-corrected chi connectivity index (χ2v) is 4.68. The average Bonchev–Trinajstić information content (AvgIpc) is 2.90. The Bertz CT molecular complexity index is 757. The molecule has 0 aliphatic heterocycles. The van der Waals surface area contributed by atoms with Crippen LogP contribution in [0, 0.1) is 0 Å². The van der Waals surface area contributed by atoms with Crippen molar-refractivity contribution in [2.75, 3.05) is 0 Å². The first-order valence-corrected chi connectivity index (χ1v) is 6.32. The zero-order valence-electron chi connectivity index (χ0n) is 9.37. The first-order chi connectivity index (χ1) is 8.83. The molecular formula is C14H9NO2S. The van der Waals surface area contributed by atoms with E-state index in [1.807, 2.05) is 29.7 Å². The summed E-state index contributed by atoms with van der Waals surface area (Å²) in [6, 6.07) is 11.1. The molecular weight excluding hydrogens is 246 g/mol. The predicted molar refractivity (Wildman–Crippen MR) is 73.5 cm³/mol. The fourth-order valence-electron chi connectivity index (χ4n) is 1.65. The normalized spacial score (nSPS) is 11.3. The largest absolute Gasteiger partial charge is 0.404 e. The van der Waals surface area contributed by atoms with Crippen LogP contribution in [0.3, 0.4) is 0 Å². The lowest BCUT2D eigenvalue weighted by atomic mass is 10.2. The van der Waals surface area contributed by atoms with E-state index in [4.69, 9.17) is 4.42 Å². The van der Waals surface area contributed by atoms with Gasteiger partial charge < -0.3 is 4.42 Å². The van der Waals surface area contributed by atoms with Crippen LogP contribution in [0.5, 0.6) is 0 Å². The SMILES string of the molecule is O=c1oc(C=Cc2cccs2)nc2ccccc12. The van der Waals surface area contributed by atoms with E-state index < -0.39 is 0 Å². The summed E-state index contributed by atoms with van der Waals surface area (Å²) < 4.78 is 5.14. The molecule has 1 aromatic carbocycles. The summed E-state index contributed by atoms with van der Waals surface area (Å²) in [5.41, 5.74) is 0.297. The van der Waals surface area contributed by atoms with E-state index in [-0.39, 0.29) is 5.63 Å². The summed E-state index contributed by atoms with van der Waals surface area (Å²) in [6.45, 7) is 0. The molecule has 0 saturated heterocycles. The fourth-order valence-corrected chi connectivity index (χ4v) is 2.26. The van der Waals surface area contributed by atoms with Crippen molar-refractivity contribution in [1.29, 1.82) is 0 Å². The van der Waals surface area contributed by atoms with Gasteiger partial charge in [0, 0.05) is 11.0 Å². The molecule has 2 aromatic heterocycles. The molecule has 0 spiro atoms. The summed E-state index contributed by atoms with van der Waals surface area (Å²) in [5.74, 6) is 0.326. The second kappa shape index (κ2) is 4.58. The van der Waals surface area contributed by atoms with Crippen LogP contribution in [-0.4, -0.2) is 4.98 Å². The molecule has 2 heterocycles. The van der Waals surface area contributed by atoms with Gasteiger partial charge in [0.2, 0.25) is 5.89 Å². The molecule has 3 rings (SSSR count). The maximum atomic E-state index is 11.7. The van der Waals surface area contributed by atoms with Crippen LogP contribution < -0.4 is 5.63 Å². The van der Waals surface area contributed by atoms with Gasteiger partial charge >= 0.3 is 5.63 Å². The van der Waals surface area contributed by atoms with Crippen LogP contribution >= 0.6 is 11.3 Å². The molecule has 3 nitrogen and oxygen atoms in total. The second-order valence-electron chi connectivity index (χ2n) is 3.71. The van der Waals surface area contributed by atoms with E-state index in [1.165, 1.54) is 0 Å². The standard InChI is InChI=1S/C14H9NO2S/c16-14-11-5-1-2-6-12(11)15-13(17-14)8-7-10-4-3-9-18-10/h1-9H. The van der Waals surface area contributed by atoms with E-state index in [1.54, 1.807) is 35.6 Å². The molecule has 0 saturated carbocycles. The summed E-state index contributed by atoms with van der Waals surface area (Å²) in [7, 11) is 0. The van der Waals surface area contributed by atoms with Crippen molar-refractivity contribution >= 4 is 34.4 Å². The van der Waals surface area contributed by atoms with Crippen LogP contribution in [0.2, 0.25) is 0 Å². The topological polar surface area (TPSA) is 43.1 Å². The van der Waals surface area contributed by atoms with Gasteiger partial charge in [0.1, 0.15) is 0 Å². The minimum absolute atomic E-state index is 0.326. The predicted octanol–water partition coefficient (Wildman–Crippen LogP) is 3.42. The minimum Gasteiger partial charge on any atom is -0.404 e. The molecule has 18 heavy (non-hydrogen) atoms. The molecule has 3 aromatic rings. The fraction of sp³-hybridized carbons (Fsp3) is 0. The van der Waals surface area contributed by atoms with E-state index in [2.05, 4.69) is 4.98 Å². The van der Waals surface area contributed by atoms with Crippen LogP contribution in [-0.2, 0) is 0 Å².